The number of ether oxygens (including phenoxy) is 1. The standard InChI is InChI=1S/C30H51NO3/c1-19(2)7-6-8-20(3)24-11-12-25-23-10-9-21-17-22(34-28(33)27(31)18-32)13-15-29(21,4)26(23)14-16-30(24,25)5/h9,19-20,22-27,32H,6-8,10-18,31H2,1-5H3/t20-,22+,23+,24-,25+,26+,27+,29+,30-/m1/s1. The summed E-state index contributed by atoms with van der Waals surface area (Å²) in [5.74, 6) is 4.58. The molecule has 34 heavy (non-hydrogen) atoms. The van der Waals surface area contributed by atoms with Gasteiger partial charge in [0.15, 0.2) is 0 Å². The highest BCUT2D eigenvalue weighted by molar-refractivity contribution is 5.75. The summed E-state index contributed by atoms with van der Waals surface area (Å²) in [6, 6.07) is -0.919. The summed E-state index contributed by atoms with van der Waals surface area (Å²) in [6.45, 7) is 12.1. The molecule has 3 saturated carbocycles. The molecule has 4 aliphatic rings. The summed E-state index contributed by atoms with van der Waals surface area (Å²) in [6.07, 6.45) is 16.3. The smallest absolute Gasteiger partial charge is 0.325 e. The molecule has 3 N–H and O–H groups in total. The molecule has 4 rings (SSSR count). The van der Waals surface area contributed by atoms with Gasteiger partial charge in [-0.05, 0) is 91.3 Å². The van der Waals surface area contributed by atoms with Crippen LogP contribution >= 0.6 is 0 Å². The van der Waals surface area contributed by atoms with Crippen LogP contribution in [0.3, 0.4) is 0 Å². The Morgan fingerprint density at radius 1 is 1.12 bits per heavy atom. The molecule has 3 fully saturated rings. The van der Waals surface area contributed by atoms with Gasteiger partial charge in [-0.15, -0.1) is 0 Å². The number of hydrogen-bond donors (Lipinski definition) is 2. The maximum absolute atomic E-state index is 12.1. The lowest BCUT2D eigenvalue weighted by molar-refractivity contribution is -0.154. The van der Waals surface area contributed by atoms with Crippen molar-refractivity contribution in [1.29, 1.82) is 0 Å². The molecule has 0 saturated heterocycles. The van der Waals surface area contributed by atoms with E-state index in [0.717, 1.165) is 54.8 Å². The third-order valence-corrected chi connectivity index (χ3v) is 11.0. The average Bonchev–Trinajstić information content (AvgIpc) is 3.15. The molecule has 0 aromatic heterocycles. The Labute approximate surface area is 208 Å². The Bertz CT molecular complexity index is 762. The summed E-state index contributed by atoms with van der Waals surface area (Å²) in [4.78, 5) is 12.1. The fourth-order valence-corrected chi connectivity index (χ4v) is 9.08. The second kappa shape index (κ2) is 10.2. The summed E-state index contributed by atoms with van der Waals surface area (Å²) < 4.78 is 5.68. The lowest BCUT2D eigenvalue weighted by Gasteiger charge is -2.58. The van der Waals surface area contributed by atoms with Crippen molar-refractivity contribution in [3.05, 3.63) is 11.6 Å². The van der Waals surface area contributed by atoms with Gasteiger partial charge in [-0.3, -0.25) is 4.79 Å². The molecule has 9 atom stereocenters. The minimum Gasteiger partial charge on any atom is -0.461 e. The zero-order valence-electron chi connectivity index (χ0n) is 22.5. The molecule has 0 heterocycles. The van der Waals surface area contributed by atoms with E-state index < -0.39 is 12.0 Å². The molecule has 0 radical (unpaired) electrons. The Morgan fingerprint density at radius 2 is 1.88 bits per heavy atom. The molecule has 4 nitrogen and oxygen atoms in total. The lowest BCUT2D eigenvalue weighted by Crippen LogP contribution is -2.51. The second-order valence-corrected chi connectivity index (χ2v) is 13.4. The first-order chi connectivity index (χ1) is 16.1. The Hall–Kier alpha value is -0.870. The molecule has 0 aliphatic heterocycles. The highest BCUT2D eigenvalue weighted by Gasteiger charge is 2.59. The number of esters is 1. The normalized spacial score (nSPS) is 41.2. The Balaban J connectivity index is 1.43. The zero-order chi connectivity index (χ0) is 24.7. The molecule has 0 aromatic carbocycles. The summed E-state index contributed by atoms with van der Waals surface area (Å²) in [7, 11) is 0. The first-order valence-corrected chi connectivity index (χ1v) is 14.4. The minimum absolute atomic E-state index is 0.0858. The molecular weight excluding hydrogens is 422 g/mol. The fourth-order valence-electron chi connectivity index (χ4n) is 9.08. The number of nitrogens with two attached hydrogens (primary N) is 1. The highest BCUT2D eigenvalue weighted by atomic mass is 16.5. The minimum atomic E-state index is -0.919. The quantitative estimate of drug-likeness (QED) is 0.322. The van der Waals surface area contributed by atoms with Crippen LogP contribution in [0, 0.1) is 46.3 Å². The van der Waals surface area contributed by atoms with E-state index >= 15 is 0 Å². The van der Waals surface area contributed by atoms with E-state index in [1.807, 2.05) is 0 Å². The summed E-state index contributed by atoms with van der Waals surface area (Å²) in [5.41, 5.74) is 7.98. The largest absolute Gasteiger partial charge is 0.461 e. The number of fused-ring (bicyclic) bond motifs is 5. The van der Waals surface area contributed by atoms with Crippen molar-refractivity contribution < 1.29 is 14.6 Å². The Morgan fingerprint density at radius 3 is 2.59 bits per heavy atom. The van der Waals surface area contributed by atoms with Gasteiger partial charge in [0, 0.05) is 6.42 Å². The van der Waals surface area contributed by atoms with Crippen LogP contribution in [0.4, 0.5) is 0 Å². The van der Waals surface area contributed by atoms with E-state index in [2.05, 4.69) is 40.7 Å². The van der Waals surface area contributed by atoms with Crippen LogP contribution in [0.5, 0.6) is 0 Å². The second-order valence-electron chi connectivity index (χ2n) is 13.4. The SMILES string of the molecule is CC(C)CCC[C@@H](C)[C@H]1CC[C@H]2[C@@H]3CC=C4C[C@@H](OC(=O)[C@@H](N)CO)CC[C@]4(C)[C@H]3CC[C@]12C. The number of allylic oxidation sites excluding steroid dienone is 1. The van der Waals surface area contributed by atoms with Crippen molar-refractivity contribution in [2.45, 2.75) is 117 Å². The molecule has 0 bridgehead atoms. The van der Waals surface area contributed by atoms with Crippen LogP contribution in [0.25, 0.3) is 0 Å². The van der Waals surface area contributed by atoms with Gasteiger partial charge in [-0.1, -0.05) is 65.5 Å². The van der Waals surface area contributed by atoms with Gasteiger partial charge in [0.1, 0.15) is 12.1 Å². The summed E-state index contributed by atoms with van der Waals surface area (Å²) >= 11 is 0. The molecule has 0 unspecified atom stereocenters. The van der Waals surface area contributed by atoms with Crippen molar-refractivity contribution in [3.63, 3.8) is 0 Å². The van der Waals surface area contributed by atoms with Crippen molar-refractivity contribution in [2.24, 2.45) is 52.1 Å². The first kappa shape index (κ1) is 26.2. The molecule has 0 spiro atoms. The predicted molar refractivity (Wildman–Crippen MR) is 138 cm³/mol. The van der Waals surface area contributed by atoms with Gasteiger partial charge in [0.25, 0.3) is 0 Å². The maximum atomic E-state index is 12.1. The van der Waals surface area contributed by atoms with Crippen LogP contribution in [0.15, 0.2) is 11.6 Å². The van der Waals surface area contributed by atoms with E-state index in [0.29, 0.717) is 5.41 Å². The number of carbonyl (C=O) groups is 1. The first-order valence-electron chi connectivity index (χ1n) is 14.4. The van der Waals surface area contributed by atoms with E-state index in [1.54, 1.807) is 0 Å². The van der Waals surface area contributed by atoms with Gasteiger partial charge in [-0.2, -0.15) is 0 Å². The maximum Gasteiger partial charge on any atom is 0.325 e. The lowest BCUT2D eigenvalue weighted by atomic mass is 9.47. The van der Waals surface area contributed by atoms with Gasteiger partial charge in [0.2, 0.25) is 0 Å². The Kier molecular flexibility index (Phi) is 7.89. The van der Waals surface area contributed by atoms with Crippen molar-refractivity contribution in [3.8, 4) is 0 Å². The van der Waals surface area contributed by atoms with Crippen molar-refractivity contribution in [2.75, 3.05) is 6.61 Å². The van der Waals surface area contributed by atoms with Gasteiger partial charge < -0.3 is 15.6 Å². The number of rotatable bonds is 8. The number of carbonyl (C=O) groups excluding carboxylic acids is 1. The van der Waals surface area contributed by atoms with E-state index in [1.165, 1.54) is 56.9 Å². The van der Waals surface area contributed by atoms with Crippen LogP contribution in [-0.2, 0) is 9.53 Å². The summed E-state index contributed by atoms with van der Waals surface area (Å²) in [5, 5.41) is 9.17. The number of aliphatic hydroxyl groups is 1. The molecule has 0 aromatic rings. The van der Waals surface area contributed by atoms with Gasteiger partial charge in [-0.25, -0.2) is 0 Å². The van der Waals surface area contributed by atoms with Crippen molar-refractivity contribution >= 4 is 5.97 Å². The van der Waals surface area contributed by atoms with E-state index in [4.69, 9.17) is 15.6 Å². The average molecular weight is 474 g/mol. The fraction of sp³-hybridized carbons (Fsp3) is 0.900. The van der Waals surface area contributed by atoms with E-state index in [9.17, 15) is 4.79 Å². The van der Waals surface area contributed by atoms with Crippen LogP contribution in [0.2, 0.25) is 0 Å². The van der Waals surface area contributed by atoms with Crippen LogP contribution in [0.1, 0.15) is 105 Å². The van der Waals surface area contributed by atoms with Crippen molar-refractivity contribution in [1.82, 2.24) is 0 Å². The van der Waals surface area contributed by atoms with Gasteiger partial charge >= 0.3 is 5.97 Å². The van der Waals surface area contributed by atoms with Crippen LogP contribution in [-0.4, -0.2) is 29.8 Å². The molecule has 4 aliphatic carbocycles. The van der Waals surface area contributed by atoms with Crippen LogP contribution < -0.4 is 5.73 Å². The topological polar surface area (TPSA) is 72.5 Å². The zero-order valence-corrected chi connectivity index (χ0v) is 22.5. The number of aliphatic hydroxyl groups excluding tert-OH is 1. The van der Waals surface area contributed by atoms with Gasteiger partial charge in [0.05, 0.1) is 6.61 Å². The highest BCUT2D eigenvalue weighted by Crippen LogP contribution is 2.67. The third-order valence-electron chi connectivity index (χ3n) is 11.0. The monoisotopic (exact) mass is 473 g/mol. The molecular formula is C30H51NO3. The predicted octanol–water partition coefficient (Wildman–Crippen LogP) is 6.26. The van der Waals surface area contributed by atoms with E-state index in [-0.39, 0.29) is 18.1 Å². The number of hydrogen-bond acceptors (Lipinski definition) is 4. The molecule has 0 amide bonds. The third kappa shape index (κ3) is 4.75. The molecule has 4 heteroatoms. The molecule has 194 valence electrons.